The summed E-state index contributed by atoms with van der Waals surface area (Å²) in [5, 5.41) is 17.6. The molecule has 0 saturated heterocycles. The summed E-state index contributed by atoms with van der Waals surface area (Å²) in [6, 6.07) is 7.01. The first-order chi connectivity index (χ1) is 6.76. The normalized spacial score (nSPS) is 12.2. The maximum absolute atomic E-state index is 9.02. The number of benzene rings is 1. The van der Waals surface area contributed by atoms with E-state index in [4.69, 9.17) is 19.7 Å². The molecule has 14 heavy (non-hydrogen) atoms. The van der Waals surface area contributed by atoms with Crippen molar-refractivity contribution in [2.24, 2.45) is 0 Å². The molecular formula is C10H14O4. The molecule has 0 aliphatic carbocycles. The molecule has 1 aromatic carbocycles. The minimum atomic E-state index is -0.836. The minimum Gasteiger partial charge on any atom is -0.497 e. The summed E-state index contributed by atoms with van der Waals surface area (Å²) in [6.07, 6.45) is -0.836. The Morgan fingerprint density at radius 2 is 1.79 bits per heavy atom. The highest BCUT2D eigenvalue weighted by atomic mass is 16.5. The van der Waals surface area contributed by atoms with Crippen molar-refractivity contribution in [3.05, 3.63) is 24.3 Å². The standard InChI is InChI=1S/C10H14O4/c1-13-9-2-4-10(5-3-9)14-7-8(12)6-11/h2-5,8,11-12H,6-7H2,1H3/t8-/m1/s1. The maximum atomic E-state index is 9.02. The van der Waals surface area contributed by atoms with Crippen molar-refractivity contribution in [3.63, 3.8) is 0 Å². The Morgan fingerprint density at radius 3 is 2.29 bits per heavy atom. The lowest BCUT2D eigenvalue weighted by molar-refractivity contribution is 0.0536. The third-order valence-corrected chi connectivity index (χ3v) is 1.71. The van der Waals surface area contributed by atoms with Crippen molar-refractivity contribution in [1.29, 1.82) is 0 Å². The molecule has 0 fully saturated rings. The molecule has 1 atom stereocenters. The van der Waals surface area contributed by atoms with E-state index >= 15 is 0 Å². The topological polar surface area (TPSA) is 58.9 Å². The van der Waals surface area contributed by atoms with Gasteiger partial charge in [-0.05, 0) is 24.3 Å². The van der Waals surface area contributed by atoms with Gasteiger partial charge in [0, 0.05) is 0 Å². The summed E-state index contributed by atoms with van der Waals surface area (Å²) < 4.78 is 10.2. The van der Waals surface area contributed by atoms with Crippen LogP contribution in [-0.4, -0.2) is 36.6 Å². The summed E-state index contributed by atoms with van der Waals surface area (Å²) in [7, 11) is 1.59. The van der Waals surface area contributed by atoms with Crippen LogP contribution >= 0.6 is 0 Å². The third-order valence-electron chi connectivity index (χ3n) is 1.71. The SMILES string of the molecule is COc1ccc(OC[C@H](O)CO)cc1. The van der Waals surface area contributed by atoms with Crippen LogP contribution in [0.3, 0.4) is 0 Å². The number of aliphatic hydroxyl groups is 2. The molecule has 4 heteroatoms. The van der Waals surface area contributed by atoms with Crippen LogP contribution in [0.1, 0.15) is 0 Å². The van der Waals surface area contributed by atoms with Gasteiger partial charge in [-0.3, -0.25) is 0 Å². The van der Waals surface area contributed by atoms with Crippen molar-refractivity contribution in [1.82, 2.24) is 0 Å². The molecule has 1 rings (SSSR count). The second-order valence-corrected chi connectivity index (χ2v) is 2.82. The highest BCUT2D eigenvalue weighted by Crippen LogP contribution is 2.16. The second kappa shape index (κ2) is 5.47. The average molecular weight is 198 g/mol. The van der Waals surface area contributed by atoms with Crippen molar-refractivity contribution >= 4 is 0 Å². The molecule has 0 aromatic heterocycles. The van der Waals surface area contributed by atoms with E-state index in [-0.39, 0.29) is 13.2 Å². The molecule has 0 aliphatic rings. The van der Waals surface area contributed by atoms with Crippen LogP contribution in [0.15, 0.2) is 24.3 Å². The van der Waals surface area contributed by atoms with Gasteiger partial charge in [0.2, 0.25) is 0 Å². The van der Waals surface area contributed by atoms with E-state index in [1.54, 1.807) is 31.4 Å². The lowest BCUT2D eigenvalue weighted by Crippen LogP contribution is -2.21. The van der Waals surface area contributed by atoms with E-state index in [0.29, 0.717) is 5.75 Å². The summed E-state index contributed by atoms with van der Waals surface area (Å²) >= 11 is 0. The Hall–Kier alpha value is -1.26. The van der Waals surface area contributed by atoms with Crippen LogP contribution in [0.4, 0.5) is 0 Å². The molecule has 0 unspecified atom stereocenters. The third kappa shape index (κ3) is 3.24. The van der Waals surface area contributed by atoms with Gasteiger partial charge in [0.15, 0.2) is 0 Å². The molecule has 0 heterocycles. The zero-order chi connectivity index (χ0) is 10.4. The van der Waals surface area contributed by atoms with Crippen LogP contribution in [0, 0.1) is 0 Å². The smallest absolute Gasteiger partial charge is 0.119 e. The van der Waals surface area contributed by atoms with Gasteiger partial charge in [0.1, 0.15) is 24.2 Å². The number of methoxy groups -OCH3 is 1. The predicted octanol–water partition coefficient (Wildman–Crippen LogP) is 0.427. The van der Waals surface area contributed by atoms with E-state index in [0.717, 1.165) is 5.75 Å². The molecule has 0 radical (unpaired) electrons. The van der Waals surface area contributed by atoms with Gasteiger partial charge < -0.3 is 19.7 Å². The molecule has 0 bridgehead atoms. The fourth-order valence-corrected chi connectivity index (χ4v) is 0.917. The second-order valence-electron chi connectivity index (χ2n) is 2.82. The first-order valence-corrected chi connectivity index (χ1v) is 4.32. The van der Waals surface area contributed by atoms with Gasteiger partial charge >= 0.3 is 0 Å². The van der Waals surface area contributed by atoms with Crippen LogP contribution in [0.5, 0.6) is 11.5 Å². The van der Waals surface area contributed by atoms with Crippen molar-refractivity contribution in [2.45, 2.75) is 6.10 Å². The van der Waals surface area contributed by atoms with E-state index < -0.39 is 6.10 Å². The zero-order valence-electron chi connectivity index (χ0n) is 8.01. The molecule has 0 spiro atoms. The minimum absolute atomic E-state index is 0.0861. The molecular weight excluding hydrogens is 184 g/mol. The number of aliphatic hydroxyl groups excluding tert-OH is 2. The number of rotatable bonds is 5. The van der Waals surface area contributed by atoms with Gasteiger partial charge in [-0.2, -0.15) is 0 Å². The summed E-state index contributed by atoms with van der Waals surface area (Å²) in [5.74, 6) is 1.39. The van der Waals surface area contributed by atoms with E-state index in [1.165, 1.54) is 0 Å². The summed E-state index contributed by atoms with van der Waals surface area (Å²) in [6.45, 7) is -0.209. The zero-order valence-corrected chi connectivity index (χ0v) is 8.01. The van der Waals surface area contributed by atoms with Crippen molar-refractivity contribution in [3.8, 4) is 11.5 Å². The lowest BCUT2D eigenvalue weighted by Gasteiger charge is -2.09. The Kier molecular flexibility index (Phi) is 4.22. The molecule has 78 valence electrons. The number of hydrogen-bond acceptors (Lipinski definition) is 4. The van der Waals surface area contributed by atoms with E-state index in [9.17, 15) is 0 Å². The van der Waals surface area contributed by atoms with Gasteiger partial charge in [0.05, 0.1) is 13.7 Å². The van der Waals surface area contributed by atoms with Crippen LogP contribution in [0.25, 0.3) is 0 Å². The molecule has 0 amide bonds. The average Bonchev–Trinajstić information content (AvgIpc) is 2.26. The predicted molar refractivity (Wildman–Crippen MR) is 51.6 cm³/mol. The first-order valence-electron chi connectivity index (χ1n) is 4.32. The Labute approximate surface area is 82.7 Å². The monoisotopic (exact) mass is 198 g/mol. The highest BCUT2D eigenvalue weighted by molar-refractivity contribution is 5.31. The lowest BCUT2D eigenvalue weighted by atomic mass is 10.3. The quantitative estimate of drug-likeness (QED) is 0.720. The van der Waals surface area contributed by atoms with Gasteiger partial charge in [-0.15, -0.1) is 0 Å². The maximum Gasteiger partial charge on any atom is 0.119 e. The fraction of sp³-hybridized carbons (Fsp3) is 0.400. The Bertz CT molecular complexity index is 257. The molecule has 4 nitrogen and oxygen atoms in total. The summed E-state index contributed by atoms with van der Waals surface area (Å²) in [5.41, 5.74) is 0. The first kappa shape index (κ1) is 10.8. The molecule has 1 aromatic rings. The molecule has 0 saturated carbocycles. The van der Waals surface area contributed by atoms with Gasteiger partial charge in [-0.25, -0.2) is 0 Å². The molecule has 2 N–H and O–H groups in total. The van der Waals surface area contributed by atoms with E-state index in [2.05, 4.69) is 0 Å². The molecule has 0 aliphatic heterocycles. The Morgan fingerprint density at radius 1 is 1.21 bits per heavy atom. The van der Waals surface area contributed by atoms with Gasteiger partial charge in [-0.1, -0.05) is 0 Å². The van der Waals surface area contributed by atoms with E-state index in [1.807, 2.05) is 0 Å². The van der Waals surface area contributed by atoms with Gasteiger partial charge in [0.25, 0.3) is 0 Å². The van der Waals surface area contributed by atoms with Crippen LogP contribution < -0.4 is 9.47 Å². The van der Waals surface area contributed by atoms with Crippen molar-refractivity contribution in [2.75, 3.05) is 20.3 Å². The van der Waals surface area contributed by atoms with Crippen LogP contribution in [-0.2, 0) is 0 Å². The fourth-order valence-electron chi connectivity index (χ4n) is 0.917. The number of ether oxygens (including phenoxy) is 2. The van der Waals surface area contributed by atoms with Crippen LogP contribution in [0.2, 0.25) is 0 Å². The largest absolute Gasteiger partial charge is 0.497 e. The van der Waals surface area contributed by atoms with Crippen molar-refractivity contribution < 1.29 is 19.7 Å². The Balaban J connectivity index is 2.43. The number of hydrogen-bond donors (Lipinski definition) is 2. The highest BCUT2D eigenvalue weighted by Gasteiger charge is 2.02. The summed E-state index contributed by atoms with van der Waals surface area (Å²) in [4.78, 5) is 0.